The zero-order valence-electron chi connectivity index (χ0n) is 22.1. The number of likely N-dealkylation sites (N-methyl/N-ethyl adjacent to an activating group) is 1. The van der Waals surface area contributed by atoms with Gasteiger partial charge in [0.25, 0.3) is 0 Å². The zero-order chi connectivity index (χ0) is 29.4. The standard InChI is InChI=1S/C28H29ClF4N4O3S/c1-37(21-13-35-14-21)24-10-18(17-3-2-4-19(9-17)28(31,32)33)5-6-25(24)40-26-12-23(30)27(11-22(26)29)41(38,39)15-20-7-8-34-16-36-20/h2-4,7-9,11-12,16,18,21,24-25,35H,5-6,10,13-15H2,1H3/t18-,24-,25-/m0/s1. The van der Waals surface area contributed by atoms with Gasteiger partial charge in [0, 0.05) is 37.4 Å². The summed E-state index contributed by atoms with van der Waals surface area (Å²) in [6.45, 7) is 1.53. The van der Waals surface area contributed by atoms with Gasteiger partial charge in [0.2, 0.25) is 0 Å². The molecule has 1 saturated heterocycles. The minimum atomic E-state index is -4.43. The molecule has 1 N–H and O–H groups in total. The van der Waals surface area contributed by atoms with E-state index < -0.39 is 44.1 Å². The molecule has 2 heterocycles. The molecule has 1 saturated carbocycles. The number of benzene rings is 2. The summed E-state index contributed by atoms with van der Waals surface area (Å²) in [4.78, 5) is 9.25. The summed E-state index contributed by atoms with van der Waals surface area (Å²) in [6, 6.07) is 8.90. The molecule has 2 aromatic carbocycles. The average Bonchev–Trinajstić information content (AvgIpc) is 2.89. The number of nitrogens with zero attached hydrogens (tertiary/aromatic N) is 3. The molecule has 3 atom stereocenters. The van der Waals surface area contributed by atoms with Gasteiger partial charge in [-0.05, 0) is 56.0 Å². The van der Waals surface area contributed by atoms with E-state index in [-0.39, 0.29) is 34.5 Å². The molecule has 1 aliphatic carbocycles. The summed E-state index contributed by atoms with van der Waals surface area (Å²) >= 11 is 6.43. The Hall–Kier alpha value is -2.80. The number of sulfone groups is 1. The van der Waals surface area contributed by atoms with Gasteiger partial charge in [0.1, 0.15) is 28.9 Å². The maximum Gasteiger partial charge on any atom is 0.416 e. The third-order valence-corrected chi connectivity index (χ3v) is 9.83. The van der Waals surface area contributed by atoms with E-state index in [2.05, 4.69) is 20.2 Å². The quantitative estimate of drug-likeness (QED) is 0.348. The molecule has 7 nitrogen and oxygen atoms in total. The monoisotopic (exact) mass is 612 g/mol. The van der Waals surface area contributed by atoms with Crippen LogP contribution in [0.25, 0.3) is 0 Å². The second-order valence-electron chi connectivity index (χ2n) is 10.5. The Morgan fingerprint density at radius 3 is 2.59 bits per heavy atom. The van der Waals surface area contributed by atoms with Crippen molar-refractivity contribution >= 4 is 21.4 Å². The van der Waals surface area contributed by atoms with E-state index in [1.54, 1.807) is 6.07 Å². The molecule has 13 heteroatoms. The first kappa shape index (κ1) is 29.7. The van der Waals surface area contributed by atoms with Gasteiger partial charge in [0.15, 0.2) is 9.84 Å². The van der Waals surface area contributed by atoms with E-state index >= 15 is 4.39 Å². The van der Waals surface area contributed by atoms with Crippen molar-refractivity contribution in [2.24, 2.45) is 0 Å². The third kappa shape index (κ3) is 6.66. The van der Waals surface area contributed by atoms with Crippen LogP contribution < -0.4 is 10.1 Å². The molecule has 220 valence electrons. The fourth-order valence-corrected chi connectivity index (χ4v) is 7.11. The van der Waals surface area contributed by atoms with Crippen molar-refractivity contribution in [2.45, 2.75) is 60.2 Å². The van der Waals surface area contributed by atoms with Crippen LogP contribution in [0.5, 0.6) is 5.75 Å². The number of hydrogen-bond donors (Lipinski definition) is 1. The minimum absolute atomic E-state index is 0.0119. The second-order valence-corrected chi connectivity index (χ2v) is 12.9. The van der Waals surface area contributed by atoms with Gasteiger partial charge < -0.3 is 10.1 Å². The fraction of sp³-hybridized carbons (Fsp3) is 0.429. The van der Waals surface area contributed by atoms with Crippen LogP contribution in [0.1, 0.15) is 42.0 Å². The third-order valence-electron chi connectivity index (χ3n) is 7.88. The molecule has 0 radical (unpaired) electrons. The molecule has 41 heavy (non-hydrogen) atoms. The van der Waals surface area contributed by atoms with Crippen LogP contribution in [-0.4, -0.2) is 61.6 Å². The normalized spacial score (nSPS) is 22.0. The number of aromatic nitrogens is 2. The number of halogens is 5. The Balaban J connectivity index is 1.37. The van der Waals surface area contributed by atoms with E-state index in [0.717, 1.165) is 31.3 Å². The zero-order valence-corrected chi connectivity index (χ0v) is 23.7. The first-order valence-corrected chi connectivity index (χ1v) is 15.2. The maximum atomic E-state index is 15.2. The topological polar surface area (TPSA) is 84.4 Å². The van der Waals surface area contributed by atoms with Crippen LogP contribution in [-0.2, 0) is 21.8 Å². The molecular weight excluding hydrogens is 584 g/mol. The molecule has 2 aliphatic rings. The Morgan fingerprint density at radius 2 is 1.93 bits per heavy atom. The van der Waals surface area contributed by atoms with Gasteiger partial charge >= 0.3 is 6.18 Å². The Morgan fingerprint density at radius 1 is 1.15 bits per heavy atom. The van der Waals surface area contributed by atoms with Crippen LogP contribution in [0, 0.1) is 5.82 Å². The number of rotatable bonds is 8. The van der Waals surface area contributed by atoms with Crippen molar-refractivity contribution in [1.29, 1.82) is 0 Å². The summed E-state index contributed by atoms with van der Waals surface area (Å²) in [7, 11) is -2.15. The molecule has 2 fully saturated rings. The van der Waals surface area contributed by atoms with E-state index in [1.165, 1.54) is 30.7 Å². The summed E-state index contributed by atoms with van der Waals surface area (Å²) in [5.41, 5.74) is 0.147. The van der Waals surface area contributed by atoms with Crippen LogP contribution >= 0.6 is 11.6 Å². The molecular formula is C28H29ClF4N4O3S. The van der Waals surface area contributed by atoms with Crippen molar-refractivity contribution in [3.05, 3.63) is 82.6 Å². The molecule has 0 unspecified atom stereocenters. The minimum Gasteiger partial charge on any atom is -0.487 e. The van der Waals surface area contributed by atoms with E-state index in [9.17, 15) is 21.6 Å². The first-order valence-electron chi connectivity index (χ1n) is 13.2. The molecule has 0 bridgehead atoms. The lowest BCUT2D eigenvalue weighted by molar-refractivity contribution is -0.137. The van der Waals surface area contributed by atoms with Gasteiger partial charge in [-0.1, -0.05) is 29.8 Å². The van der Waals surface area contributed by atoms with Gasteiger partial charge in [0.05, 0.1) is 22.0 Å². The highest BCUT2D eigenvalue weighted by Gasteiger charge is 2.40. The van der Waals surface area contributed by atoms with E-state index in [0.29, 0.717) is 24.8 Å². The number of alkyl halides is 3. The lowest BCUT2D eigenvalue weighted by atomic mass is 9.78. The van der Waals surface area contributed by atoms with Crippen LogP contribution in [0.2, 0.25) is 5.02 Å². The van der Waals surface area contributed by atoms with Crippen LogP contribution in [0.15, 0.2) is 59.9 Å². The number of hydrogen-bond acceptors (Lipinski definition) is 7. The van der Waals surface area contributed by atoms with Gasteiger partial charge in [-0.15, -0.1) is 0 Å². The molecule has 1 aromatic heterocycles. The highest BCUT2D eigenvalue weighted by molar-refractivity contribution is 7.90. The number of ether oxygens (including phenoxy) is 1. The Bertz CT molecular complexity index is 1490. The maximum absolute atomic E-state index is 15.2. The lowest BCUT2D eigenvalue weighted by Crippen LogP contribution is -2.62. The largest absolute Gasteiger partial charge is 0.487 e. The highest BCUT2D eigenvalue weighted by atomic mass is 35.5. The predicted octanol–water partition coefficient (Wildman–Crippen LogP) is 5.25. The van der Waals surface area contributed by atoms with Crippen LogP contribution in [0.3, 0.4) is 0 Å². The average molecular weight is 613 g/mol. The molecule has 3 aromatic rings. The number of nitrogens with one attached hydrogen (secondary N) is 1. The second kappa shape index (κ2) is 11.8. The Kier molecular flexibility index (Phi) is 8.56. The van der Waals surface area contributed by atoms with Gasteiger partial charge in [-0.25, -0.2) is 22.8 Å². The fourth-order valence-electron chi connectivity index (χ4n) is 5.47. The lowest BCUT2D eigenvalue weighted by Gasteiger charge is -2.46. The summed E-state index contributed by atoms with van der Waals surface area (Å²) < 4.78 is 87.3. The summed E-state index contributed by atoms with van der Waals surface area (Å²) in [5, 5.41) is 3.17. The summed E-state index contributed by atoms with van der Waals surface area (Å²) in [6.07, 6.45) is -0.688. The Labute approximate surface area is 240 Å². The van der Waals surface area contributed by atoms with Gasteiger partial charge in [-0.3, -0.25) is 4.90 Å². The van der Waals surface area contributed by atoms with Gasteiger partial charge in [-0.2, -0.15) is 13.2 Å². The first-order chi connectivity index (χ1) is 19.4. The van der Waals surface area contributed by atoms with Crippen molar-refractivity contribution < 1.29 is 30.7 Å². The molecule has 1 aliphatic heterocycles. The SMILES string of the molecule is CN(C1CNC1)[C@H]1C[C@@H](c2cccc(C(F)(F)F)c2)CC[C@@H]1Oc1cc(F)c(S(=O)(=O)Cc2ccncn2)cc1Cl. The van der Waals surface area contributed by atoms with Crippen molar-refractivity contribution in [1.82, 2.24) is 20.2 Å². The van der Waals surface area contributed by atoms with Crippen molar-refractivity contribution in [2.75, 3.05) is 20.1 Å². The van der Waals surface area contributed by atoms with E-state index in [4.69, 9.17) is 16.3 Å². The molecule has 0 amide bonds. The summed E-state index contributed by atoms with van der Waals surface area (Å²) in [5.74, 6) is -1.63. The van der Waals surface area contributed by atoms with Crippen molar-refractivity contribution in [3.8, 4) is 5.75 Å². The molecule has 0 spiro atoms. The van der Waals surface area contributed by atoms with Crippen molar-refractivity contribution in [3.63, 3.8) is 0 Å². The molecule has 5 rings (SSSR count). The smallest absolute Gasteiger partial charge is 0.416 e. The highest BCUT2D eigenvalue weighted by Crippen LogP contribution is 2.41. The van der Waals surface area contributed by atoms with E-state index in [1.807, 2.05) is 7.05 Å². The van der Waals surface area contributed by atoms with Crippen LogP contribution in [0.4, 0.5) is 17.6 Å². The predicted molar refractivity (Wildman–Crippen MR) is 145 cm³/mol.